The number of hydrogen-bond donors (Lipinski definition) is 1. The first-order valence-electron chi connectivity index (χ1n) is 7.49. The van der Waals surface area contributed by atoms with Crippen molar-refractivity contribution in [2.75, 3.05) is 11.9 Å². The fourth-order valence-corrected chi connectivity index (χ4v) is 2.60. The Hall–Kier alpha value is -1.71. The van der Waals surface area contributed by atoms with Crippen molar-refractivity contribution in [1.82, 2.24) is 4.90 Å². The molecule has 0 fully saturated rings. The first-order chi connectivity index (χ1) is 11.0. The Morgan fingerprint density at radius 3 is 2.48 bits per heavy atom. The summed E-state index contributed by atoms with van der Waals surface area (Å²) < 4.78 is 0. The monoisotopic (exact) mass is 350 g/mol. The Bertz CT molecular complexity index is 659. The lowest BCUT2D eigenvalue weighted by atomic mass is 10.2. The summed E-state index contributed by atoms with van der Waals surface area (Å²) in [5, 5.41) is 4.19. The number of halogens is 2. The van der Waals surface area contributed by atoms with E-state index in [1.807, 2.05) is 49.1 Å². The van der Waals surface area contributed by atoms with Crippen molar-refractivity contribution in [3.05, 3.63) is 64.1 Å². The Balaban J connectivity index is 2.02. The molecule has 0 radical (unpaired) electrons. The molecule has 0 unspecified atom stereocenters. The van der Waals surface area contributed by atoms with Gasteiger partial charge in [-0.15, -0.1) is 0 Å². The summed E-state index contributed by atoms with van der Waals surface area (Å²) >= 11 is 12.1. The van der Waals surface area contributed by atoms with E-state index in [1.54, 1.807) is 18.2 Å². The Kier molecular flexibility index (Phi) is 6.31. The molecule has 0 saturated heterocycles. The predicted octanol–water partition coefficient (Wildman–Crippen LogP) is 4.84. The summed E-state index contributed by atoms with van der Waals surface area (Å²) in [4.78, 5) is 14.4. The highest BCUT2D eigenvalue weighted by molar-refractivity contribution is 6.35. The molecule has 1 N–H and O–H groups in total. The van der Waals surface area contributed by atoms with Crippen LogP contribution in [-0.2, 0) is 11.3 Å². The lowest BCUT2D eigenvalue weighted by Gasteiger charge is -2.27. The van der Waals surface area contributed by atoms with Crippen LogP contribution in [0.1, 0.15) is 19.4 Å². The van der Waals surface area contributed by atoms with Gasteiger partial charge in [0.25, 0.3) is 0 Å². The van der Waals surface area contributed by atoms with Crippen molar-refractivity contribution in [2.24, 2.45) is 0 Å². The number of rotatable bonds is 6. The van der Waals surface area contributed by atoms with E-state index in [9.17, 15) is 4.79 Å². The van der Waals surface area contributed by atoms with Crippen LogP contribution in [-0.4, -0.2) is 23.4 Å². The van der Waals surface area contributed by atoms with Crippen molar-refractivity contribution < 1.29 is 4.79 Å². The molecule has 0 aliphatic carbocycles. The molecule has 5 heteroatoms. The van der Waals surface area contributed by atoms with Crippen LogP contribution in [0, 0.1) is 0 Å². The molecule has 0 heterocycles. The minimum absolute atomic E-state index is 0.0138. The highest BCUT2D eigenvalue weighted by Gasteiger charge is 2.17. The van der Waals surface area contributed by atoms with E-state index in [2.05, 4.69) is 5.32 Å². The number of nitrogens with zero attached hydrogens (tertiary/aromatic N) is 1. The van der Waals surface area contributed by atoms with Gasteiger partial charge in [0.05, 0.1) is 17.3 Å². The van der Waals surface area contributed by atoms with Crippen molar-refractivity contribution in [3.8, 4) is 0 Å². The van der Waals surface area contributed by atoms with Gasteiger partial charge in [-0.05, 0) is 37.6 Å². The molecular formula is C18H20Cl2N2O. The van der Waals surface area contributed by atoms with Crippen LogP contribution >= 0.6 is 23.2 Å². The standard InChI is InChI=1S/C18H20Cl2N2O/c1-13(2)22(12-14-6-4-3-5-7-14)18(23)11-21-17-10-15(19)8-9-16(17)20/h3-10,13,21H,11-12H2,1-2H3. The van der Waals surface area contributed by atoms with Crippen molar-refractivity contribution in [3.63, 3.8) is 0 Å². The van der Waals surface area contributed by atoms with Gasteiger partial charge in [0.2, 0.25) is 5.91 Å². The topological polar surface area (TPSA) is 32.3 Å². The highest BCUT2D eigenvalue weighted by Crippen LogP contribution is 2.25. The molecule has 0 bridgehead atoms. The summed E-state index contributed by atoms with van der Waals surface area (Å²) in [7, 11) is 0. The average molecular weight is 351 g/mol. The molecule has 2 aromatic rings. The van der Waals surface area contributed by atoms with Gasteiger partial charge in [0.15, 0.2) is 0 Å². The zero-order valence-electron chi connectivity index (χ0n) is 13.2. The van der Waals surface area contributed by atoms with Gasteiger partial charge in [-0.3, -0.25) is 4.79 Å². The van der Waals surface area contributed by atoms with Crippen LogP contribution in [0.3, 0.4) is 0 Å². The molecule has 0 spiro atoms. The predicted molar refractivity (Wildman–Crippen MR) is 97.1 cm³/mol. The third-order valence-electron chi connectivity index (χ3n) is 3.50. The van der Waals surface area contributed by atoms with Crippen molar-refractivity contribution in [1.29, 1.82) is 0 Å². The third kappa shape index (κ3) is 5.15. The number of hydrogen-bond acceptors (Lipinski definition) is 2. The number of carbonyl (C=O) groups is 1. The molecule has 1 amide bonds. The zero-order chi connectivity index (χ0) is 16.8. The quantitative estimate of drug-likeness (QED) is 0.807. The summed E-state index contributed by atoms with van der Waals surface area (Å²) in [6.07, 6.45) is 0. The van der Waals surface area contributed by atoms with E-state index in [0.717, 1.165) is 5.56 Å². The van der Waals surface area contributed by atoms with E-state index >= 15 is 0 Å². The first-order valence-corrected chi connectivity index (χ1v) is 8.25. The summed E-state index contributed by atoms with van der Waals surface area (Å²) in [6.45, 7) is 4.77. The number of anilines is 1. The van der Waals surface area contributed by atoms with Crippen LogP contribution in [0.2, 0.25) is 10.0 Å². The molecule has 0 atom stereocenters. The van der Waals surface area contributed by atoms with E-state index in [0.29, 0.717) is 22.3 Å². The van der Waals surface area contributed by atoms with Crippen LogP contribution < -0.4 is 5.32 Å². The number of carbonyl (C=O) groups excluding carboxylic acids is 1. The molecule has 0 aromatic heterocycles. The minimum atomic E-state index is 0.0138. The SMILES string of the molecule is CC(C)N(Cc1ccccc1)C(=O)CNc1cc(Cl)ccc1Cl. The summed E-state index contributed by atoms with van der Waals surface area (Å²) in [6, 6.07) is 15.2. The largest absolute Gasteiger partial charge is 0.375 e. The summed E-state index contributed by atoms with van der Waals surface area (Å²) in [5.74, 6) is 0.0138. The number of benzene rings is 2. The maximum atomic E-state index is 12.5. The van der Waals surface area contributed by atoms with E-state index in [4.69, 9.17) is 23.2 Å². The molecule has 0 aliphatic heterocycles. The molecule has 3 nitrogen and oxygen atoms in total. The van der Waals surface area contributed by atoms with Gasteiger partial charge in [-0.1, -0.05) is 53.5 Å². The highest BCUT2D eigenvalue weighted by atomic mass is 35.5. The zero-order valence-corrected chi connectivity index (χ0v) is 14.7. The number of nitrogens with one attached hydrogen (secondary N) is 1. The molecule has 122 valence electrons. The molecule has 2 aromatic carbocycles. The summed E-state index contributed by atoms with van der Waals surface area (Å²) in [5.41, 5.74) is 1.77. The molecule has 2 rings (SSSR count). The van der Waals surface area contributed by atoms with Gasteiger partial charge >= 0.3 is 0 Å². The second-order valence-corrected chi connectivity index (χ2v) is 6.42. The fourth-order valence-electron chi connectivity index (χ4n) is 2.24. The number of amides is 1. The third-order valence-corrected chi connectivity index (χ3v) is 4.06. The molecule has 0 aliphatic rings. The first kappa shape index (κ1) is 17.6. The van der Waals surface area contributed by atoms with Crippen molar-refractivity contribution >= 4 is 34.8 Å². The lowest BCUT2D eigenvalue weighted by Crippen LogP contribution is -2.39. The van der Waals surface area contributed by atoms with Crippen LogP contribution in [0.25, 0.3) is 0 Å². The fraction of sp³-hybridized carbons (Fsp3) is 0.278. The maximum absolute atomic E-state index is 12.5. The molecule has 23 heavy (non-hydrogen) atoms. The van der Waals surface area contributed by atoms with Gasteiger partial charge in [0.1, 0.15) is 0 Å². The average Bonchev–Trinajstić information content (AvgIpc) is 2.54. The van der Waals surface area contributed by atoms with E-state index < -0.39 is 0 Å². The maximum Gasteiger partial charge on any atom is 0.242 e. The van der Waals surface area contributed by atoms with Gasteiger partial charge < -0.3 is 10.2 Å². The van der Waals surface area contributed by atoms with E-state index in [-0.39, 0.29) is 18.5 Å². The lowest BCUT2D eigenvalue weighted by molar-refractivity contribution is -0.131. The minimum Gasteiger partial charge on any atom is -0.375 e. The van der Waals surface area contributed by atoms with E-state index in [1.165, 1.54) is 0 Å². The van der Waals surface area contributed by atoms with Gasteiger partial charge in [-0.2, -0.15) is 0 Å². The molecule has 0 saturated carbocycles. The van der Waals surface area contributed by atoms with Crippen molar-refractivity contribution in [2.45, 2.75) is 26.4 Å². The van der Waals surface area contributed by atoms with Crippen LogP contribution in [0.5, 0.6) is 0 Å². The smallest absolute Gasteiger partial charge is 0.242 e. The van der Waals surface area contributed by atoms with Gasteiger partial charge in [-0.25, -0.2) is 0 Å². The van der Waals surface area contributed by atoms with Crippen LogP contribution in [0.4, 0.5) is 5.69 Å². The Morgan fingerprint density at radius 2 is 1.83 bits per heavy atom. The van der Waals surface area contributed by atoms with Gasteiger partial charge in [0, 0.05) is 17.6 Å². The second-order valence-electron chi connectivity index (χ2n) is 5.58. The second kappa shape index (κ2) is 8.23. The van der Waals surface area contributed by atoms with Crippen LogP contribution in [0.15, 0.2) is 48.5 Å². The molecular weight excluding hydrogens is 331 g/mol. The Labute approximate surface area is 147 Å². The Morgan fingerprint density at radius 1 is 1.13 bits per heavy atom. The normalized spacial score (nSPS) is 10.7.